The first-order chi connectivity index (χ1) is 13.7. The molecule has 2 heterocycles. The van der Waals surface area contributed by atoms with Gasteiger partial charge in [-0.3, -0.25) is 4.79 Å². The maximum absolute atomic E-state index is 14.0. The number of rotatable bonds is 6. The normalized spacial score (nSPS) is 21.4. The number of carbonyl (C=O) groups is 1. The number of nitrogens with zero attached hydrogens (tertiary/aromatic N) is 1. The van der Waals surface area contributed by atoms with Gasteiger partial charge in [0.05, 0.1) is 6.04 Å². The monoisotopic (exact) mass is 436 g/mol. The molecule has 2 aliphatic rings. The van der Waals surface area contributed by atoms with Crippen LogP contribution in [0, 0.1) is 0 Å². The molecule has 2 aliphatic heterocycles. The van der Waals surface area contributed by atoms with Crippen molar-refractivity contribution >= 4 is 25.9 Å². The summed E-state index contributed by atoms with van der Waals surface area (Å²) in [5.74, 6) is 0.344. The molecular weight excluding hydrogens is 411 g/mol. The number of likely N-dealkylation sites (tertiary alicyclic amines) is 1. The van der Waals surface area contributed by atoms with Crippen molar-refractivity contribution in [1.29, 1.82) is 0 Å². The summed E-state index contributed by atoms with van der Waals surface area (Å²) in [6.07, 6.45) is 3.16. The van der Waals surface area contributed by atoms with Crippen LogP contribution in [0.3, 0.4) is 0 Å². The molecule has 1 N–H and O–H groups in total. The number of amides is 1. The lowest BCUT2D eigenvalue weighted by atomic mass is 10.2. The molecule has 0 bridgehead atoms. The summed E-state index contributed by atoms with van der Waals surface area (Å²) >= 11 is 0. The van der Waals surface area contributed by atoms with Crippen molar-refractivity contribution in [2.24, 2.45) is 0 Å². The predicted octanol–water partition coefficient (Wildman–Crippen LogP) is 4.46. The number of carbonyl (C=O) groups excluding carboxylic acids is 1. The molecule has 2 aromatic rings. The second-order valence-corrected chi connectivity index (χ2v) is 9.19. The third kappa shape index (κ3) is 4.95. The van der Waals surface area contributed by atoms with Gasteiger partial charge in [0.15, 0.2) is 5.78 Å². The number of nitrogens with one attached hydrogen (secondary N) is 1. The number of hydrogen-bond acceptors (Lipinski definition) is 5. The molecule has 2 saturated heterocycles. The minimum Gasteiger partial charge on any atom is -0.415 e. The SMILES string of the molecule is Cl.O=C([C@H]1CCCN1)N1CCCC1P(=O)(Oc1ccccc1)Oc1ccccc1. The second-order valence-electron chi connectivity index (χ2n) is 7.15. The second kappa shape index (κ2) is 9.66. The van der Waals surface area contributed by atoms with Crippen LogP contribution in [-0.2, 0) is 9.36 Å². The zero-order chi connectivity index (χ0) is 19.4. The third-order valence-electron chi connectivity index (χ3n) is 5.18. The molecule has 2 aromatic carbocycles. The molecule has 0 radical (unpaired) electrons. The van der Waals surface area contributed by atoms with Gasteiger partial charge in [0.1, 0.15) is 11.5 Å². The lowest BCUT2D eigenvalue weighted by Crippen LogP contribution is -2.46. The van der Waals surface area contributed by atoms with E-state index in [4.69, 9.17) is 9.05 Å². The summed E-state index contributed by atoms with van der Waals surface area (Å²) < 4.78 is 25.9. The van der Waals surface area contributed by atoms with E-state index in [0.717, 1.165) is 25.8 Å². The van der Waals surface area contributed by atoms with E-state index in [1.165, 1.54) is 0 Å². The summed E-state index contributed by atoms with van der Waals surface area (Å²) in [5.41, 5.74) is 0. The van der Waals surface area contributed by atoms with Crippen LogP contribution < -0.4 is 14.4 Å². The first kappa shape index (κ1) is 21.7. The Bertz CT molecular complexity index is 801. The van der Waals surface area contributed by atoms with E-state index >= 15 is 0 Å². The highest BCUT2D eigenvalue weighted by molar-refractivity contribution is 7.55. The Morgan fingerprint density at radius 1 is 0.931 bits per heavy atom. The molecule has 2 fully saturated rings. The van der Waals surface area contributed by atoms with Crippen LogP contribution in [0.5, 0.6) is 11.5 Å². The van der Waals surface area contributed by atoms with Gasteiger partial charge < -0.3 is 19.3 Å². The van der Waals surface area contributed by atoms with Crippen molar-refractivity contribution in [2.45, 2.75) is 37.5 Å². The molecule has 0 aromatic heterocycles. The van der Waals surface area contributed by atoms with E-state index in [0.29, 0.717) is 24.5 Å². The molecule has 0 spiro atoms. The highest BCUT2D eigenvalue weighted by Crippen LogP contribution is 2.57. The first-order valence-electron chi connectivity index (χ1n) is 9.79. The maximum Gasteiger partial charge on any atom is 0.453 e. The van der Waals surface area contributed by atoms with Crippen molar-refractivity contribution in [2.75, 3.05) is 13.1 Å². The Balaban J connectivity index is 0.00000240. The van der Waals surface area contributed by atoms with Gasteiger partial charge in [-0.05, 0) is 56.5 Å². The fraction of sp³-hybridized carbons (Fsp3) is 0.381. The number of para-hydroxylation sites is 2. The van der Waals surface area contributed by atoms with E-state index < -0.39 is 13.4 Å². The number of hydrogen-bond donors (Lipinski definition) is 1. The van der Waals surface area contributed by atoms with E-state index in [1.54, 1.807) is 29.2 Å². The van der Waals surface area contributed by atoms with Crippen LogP contribution in [0.2, 0.25) is 0 Å². The van der Waals surface area contributed by atoms with E-state index in [9.17, 15) is 9.36 Å². The van der Waals surface area contributed by atoms with Gasteiger partial charge in [0.2, 0.25) is 5.91 Å². The summed E-state index contributed by atoms with van der Waals surface area (Å²) in [7, 11) is -3.68. The van der Waals surface area contributed by atoms with Gasteiger partial charge in [-0.1, -0.05) is 36.4 Å². The molecule has 4 rings (SSSR count). The Kier molecular flexibility index (Phi) is 7.23. The minimum absolute atomic E-state index is 0. The van der Waals surface area contributed by atoms with Gasteiger partial charge in [-0.25, -0.2) is 4.57 Å². The standard InChI is InChI=1S/C21H25N2O4P.ClH/c24-21(19-13-7-15-22-19)23-16-8-14-20(23)28(25,26-17-9-3-1-4-10-17)27-18-11-5-2-6-12-18;/h1-6,9-12,19-20,22H,7-8,13-16H2;1H/t19-,20?;/m1./s1. The van der Waals surface area contributed by atoms with Crippen molar-refractivity contribution in [1.82, 2.24) is 10.2 Å². The zero-order valence-electron chi connectivity index (χ0n) is 16.1. The van der Waals surface area contributed by atoms with Crippen LogP contribution in [0.25, 0.3) is 0 Å². The van der Waals surface area contributed by atoms with E-state index in [1.807, 2.05) is 36.4 Å². The average Bonchev–Trinajstić information content (AvgIpc) is 3.41. The van der Waals surface area contributed by atoms with Crippen molar-refractivity contribution in [3.8, 4) is 11.5 Å². The largest absolute Gasteiger partial charge is 0.453 e. The lowest BCUT2D eigenvalue weighted by Gasteiger charge is -2.32. The molecule has 29 heavy (non-hydrogen) atoms. The summed E-state index contributed by atoms with van der Waals surface area (Å²) in [6.45, 7) is 1.41. The Morgan fingerprint density at radius 2 is 1.52 bits per heavy atom. The predicted molar refractivity (Wildman–Crippen MR) is 115 cm³/mol. The molecule has 0 saturated carbocycles. The summed E-state index contributed by atoms with van der Waals surface area (Å²) in [4.78, 5) is 14.7. The smallest absolute Gasteiger partial charge is 0.415 e. The van der Waals surface area contributed by atoms with Crippen LogP contribution in [0.1, 0.15) is 25.7 Å². The number of halogens is 1. The number of benzene rings is 2. The van der Waals surface area contributed by atoms with Crippen LogP contribution in [0.15, 0.2) is 60.7 Å². The Morgan fingerprint density at radius 3 is 2.03 bits per heavy atom. The molecule has 1 amide bonds. The van der Waals surface area contributed by atoms with Crippen LogP contribution in [-0.4, -0.2) is 35.7 Å². The quantitative estimate of drug-likeness (QED) is 0.677. The Labute approximate surface area is 177 Å². The average molecular weight is 437 g/mol. The van der Waals surface area contributed by atoms with E-state index in [-0.39, 0.29) is 24.4 Å². The third-order valence-corrected chi connectivity index (χ3v) is 7.38. The molecule has 1 unspecified atom stereocenters. The van der Waals surface area contributed by atoms with Crippen molar-refractivity contribution in [3.05, 3.63) is 60.7 Å². The summed E-state index contributed by atoms with van der Waals surface area (Å²) in [6, 6.07) is 17.8. The van der Waals surface area contributed by atoms with Crippen molar-refractivity contribution in [3.63, 3.8) is 0 Å². The highest BCUT2D eigenvalue weighted by Gasteiger charge is 2.48. The lowest BCUT2D eigenvalue weighted by molar-refractivity contribution is -0.132. The Hall–Kier alpha value is -2.01. The fourth-order valence-corrected chi connectivity index (χ4v) is 6.01. The fourth-order valence-electron chi connectivity index (χ4n) is 3.83. The van der Waals surface area contributed by atoms with Gasteiger partial charge in [-0.15, -0.1) is 12.4 Å². The molecule has 8 heteroatoms. The highest BCUT2D eigenvalue weighted by atomic mass is 35.5. The van der Waals surface area contributed by atoms with Gasteiger partial charge >= 0.3 is 7.60 Å². The topological polar surface area (TPSA) is 67.9 Å². The van der Waals surface area contributed by atoms with E-state index in [2.05, 4.69) is 5.32 Å². The molecule has 6 nitrogen and oxygen atoms in total. The van der Waals surface area contributed by atoms with Gasteiger partial charge in [0.25, 0.3) is 0 Å². The summed E-state index contributed by atoms with van der Waals surface area (Å²) in [5, 5.41) is 3.24. The molecule has 2 atom stereocenters. The molecule has 0 aliphatic carbocycles. The van der Waals surface area contributed by atoms with Gasteiger partial charge in [-0.2, -0.15) is 0 Å². The van der Waals surface area contributed by atoms with Crippen LogP contribution in [0.4, 0.5) is 0 Å². The molecule has 156 valence electrons. The zero-order valence-corrected chi connectivity index (χ0v) is 17.8. The van der Waals surface area contributed by atoms with Crippen LogP contribution >= 0.6 is 20.0 Å². The maximum atomic E-state index is 14.0. The molecular formula is C21H26ClN2O4P. The minimum atomic E-state index is -3.68. The van der Waals surface area contributed by atoms with Gasteiger partial charge in [0, 0.05) is 6.54 Å². The first-order valence-corrected chi connectivity index (χ1v) is 11.4. The van der Waals surface area contributed by atoms with Crippen molar-refractivity contribution < 1.29 is 18.4 Å².